The summed E-state index contributed by atoms with van der Waals surface area (Å²) in [6.45, 7) is 1.88. The van der Waals surface area contributed by atoms with E-state index >= 15 is 0 Å². The Balaban J connectivity index is 2.90. The van der Waals surface area contributed by atoms with Crippen LogP contribution in [0.5, 0.6) is 0 Å². The molecule has 0 fully saturated rings. The van der Waals surface area contributed by atoms with Gasteiger partial charge in [0, 0.05) is 34.8 Å². The van der Waals surface area contributed by atoms with E-state index in [1.807, 2.05) is 6.92 Å². The monoisotopic (exact) mass is 330 g/mol. The number of benzene rings is 1. The van der Waals surface area contributed by atoms with E-state index in [1.165, 1.54) is 18.2 Å². The van der Waals surface area contributed by atoms with E-state index < -0.39 is 4.92 Å². The van der Waals surface area contributed by atoms with Crippen LogP contribution in [0.4, 0.5) is 5.69 Å². The molecule has 2 N–H and O–H groups in total. The lowest BCUT2D eigenvalue weighted by molar-refractivity contribution is -0.385. The van der Waals surface area contributed by atoms with Crippen LogP contribution in [0.15, 0.2) is 22.7 Å². The Labute approximate surface area is 119 Å². The highest BCUT2D eigenvalue weighted by Gasteiger charge is 2.16. The highest BCUT2D eigenvalue weighted by Crippen LogP contribution is 2.21. The van der Waals surface area contributed by atoms with E-state index in [2.05, 4.69) is 21.2 Å². The molecule has 1 aromatic carbocycles. The van der Waals surface area contributed by atoms with Crippen LogP contribution in [0.25, 0.3) is 0 Å². The molecular formula is C12H15BrN2O4. The van der Waals surface area contributed by atoms with Crippen molar-refractivity contribution in [3.8, 4) is 0 Å². The molecule has 104 valence electrons. The molecule has 0 heterocycles. The van der Waals surface area contributed by atoms with Gasteiger partial charge in [-0.05, 0) is 18.9 Å². The van der Waals surface area contributed by atoms with Crippen molar-refractivity contribution in [3.63, 3.8) is 0 Å². The third-order valence-electron chi connectivity index (χ3n) is 2.66. The lowest BCUT2D eigenvalue weighted by atomic mass is 10.1. The van der Waals surface area contributed by atoms with Gasteiger partial charge in [-0.1, -0.05) is 22.9 Å². The highest BCUT2D eigenvalue weighted by molar-refractivity contribution is 9.10. The molecular weight excluding hydrogens is 316 g/mol. The minimum absolute atomic E-state index is 0.0164. The number of hydrogen-bond donors (Lipinski definition) is 2. The van der Waals surface area contributed by atoms with Gasteiger partial charge in [-0.15, -0.1) is 0 Å². The van der Waals surface area contributed by atoms with E-state index in [0.29, 0.717) is 17.3 Å². The number of carbonyl (C=O) groups is 1. The standard InChI is InChI=1S/C12H15BrN2O4/c1-2-10(3-4-16)14-12(17)8-5-9(13)7-11(6-8)15(18)19/h5-7,10,16H,2-4H2,1H3,(H,14,17). The predicted octanol–water partition coefficient (Wildman–Crippen LogP) is 2.25. The van der Waals surface area contributed by atoms with Crippen molar-refractivity contribution in [2.24, 2.45) is 0 Å². The summed E-state index contributed by atoms with van der Waals surface area (Å²) in [6, 6.07) is 3.94. The number of aliphatic hydroxyl groups is 1. The van der Waals surface area contributed by atoms with Gasteiger partial charge in [0.15, 0.2) is 0 Å². The first-order chi connectivity index (χ1) is 8.97. The Morgan fingerprint density at radius 2 is 2.21 bits per heavy atom. The van der Waals surface area contributed by atoms with Crippen LogP contribution < -0.4 is 5.32 Å². The second-order valence-corrected chi connectivity index (χ2v) is 4.96. The number of nitrogens with zero attached hydrogens (tertiary/aromatic N) is 1. The van der Waals surface area contributed by atoms with Gasteiger partial charge in [0.25, 0.3) is 11.6 Å². The molecule has 19 heavy (non-hydrogen) atoms. The Morgan fingerprint density at radius 1 is 1.53 bits per heavy atom. The molecule has 0 radical (unpaired) electrons. The number of nitrogens with one attached hydrogen (secondary N) is 1. The third kappa shape index (κ3) is 4.60. The van der Waals surface area contributed by atoms with Crippen molar-refractivity contribution < 1.29 is 14.8 Å². The van der Waals surface area contributed by atoms with Crippen molar-refractivity contribution in [2.45, 2.75) is 25.8 Å². The number of nitro benzene ring substituents is 1. The number of nitro groups is 1. The number of aliphatic hydroxyl groups excluding tert-OH is 1. The Hall–Kier alpha value is -1.47. The van der Waals surface area contributed by atoms with Crippen LogP contribution in [0, 0.1) is 10.1 Å². The SMILES string of the molecule is CCC(CCO)NC(=O)c1cc(Br)cc([N+](=O)[O-])c1. The van der Waals surface area contributed by atoms with Crippen molar-refractivity contribution in [3.05, 3.63) is 38.3 Å². The highest BCUT2D eigenvalue weighted by atomic mass is 79.9. The molecule has 0 saturated heterocycles. The molecule has 1 amide bonds. The van der Waals surface area contributed by atoms with Crippen LogP contribution >= 0.6 is 15.9 Å². The first kappa shape index (κ1) is 15.6. The zero-order valence-corrected chi connectivity index (χ0v) is 12.0. The molecule has 0 aliphatic carbocycles. The predicted molar refractivity (Wildman–Crippen MR) is 74.0 cm³/mol. The molecule has 7 heteroatoms. The Morgan fingerprint density at radius 3 is 2.74 bits per heavy atom. The molecule has 0 aromatic heterocycles. The summed E-state index contributed by atoms with van der Waals surface area (Å²) in [7, 11) is 0. The summed E-state index contributed by atoms with van der Waals surface area (Å²) in [4.78, 5) is 22.2. The van der Waals surface area contributed by atoms with Crippen molar-refractivity contribution >= 4 is 27.5 Å². The Kier molecular flexibility index (Phi) is 5.91. The fourth-order valence-corrected chi connectivity index (χ4v) is 2.09. The van der Waals surface area contributed by atoms with Gasteiger partial charge < -0.3 is 10.4 Å². The summed E-state index contributed by atoms with van der Waals surface area (Å²) < 4.78 is 0.474. The van der Waals surface area contributed by atoms with E-state index in [4.69, 9.17) is 5.11 Å². The molecule has 0 spiro atoms. The van der Waals surface area contributed by atoms with Crippen LogP contribution in [0.3, 0.4) is 0 Å². The zero-order chi connectivity index (χ0) is 14.4. The van der Waals surface area contributed by atoms with Gasteiger partial charge in [-0.3, -0.25) is 14.9 Å². The van der Waals surface area contributed by atoms with E-state index in [1.54, 1.807) is 0 Å². The lowest BCUT2D eigenvalue weighted by Gasteiger charge is -2.15. The molecule has 1 aromatic rings. The quantitative estimate of drug-likeness (QED) is 0.618. The van der Waals surface area contributed by atoms with Gasteiger partial charge in [0.05, 0.1) is 4.92 Å². The molecule has 6 nitrogen and oxygen atoms in total. The molecule has 1 unspecified atom stereocenters. The van der Waals surface area contributed by atoms with Gasteiger partial charge in [0.2, 0.25) is 0 Å². The van der Waals surface area contributed by atoms with Crippen molar-refractivity contribution in [2.75, 3.05) is 6.61 Å². The number of non-ortho nitro benzene ring substituents is 1. The van der Waals surface area contributed by atoms with Gasteiger partial charge in [-0.2, -0.15) is 0 Å². The first-order valence-electron chi connectivity index (χ1n) is 5.84. The fourth-order valence-electron chi connectivity index (χ4n) is 1.61. The fraction of sp³-hybridized carbons (Fsp3) is 0.417. The van der Waals surface area contributed by atoms with Crippen LogP contribution in [0.2, 0.25) is 0 Å². The number of rotatable bonds is 6. The number of amides is 1. The number of carbonyl (C=O) groups excluding carboxylic acids is 1. The number of hydrogen-bond acceptors (Lipinski definition) is 4. The van der Waals surface area contributed by atoms with Gasteiger partial charge >= 0.3 is 0 Å². The normalized spacial score (nSPS) is 11.9. The van der Waals surface area contributed by atoms with Crippen LogP contribution in [0.1, 0.15) is 30.1 Å². The minimum atomic E-state index is -0.549. The molecule has 1 rings (SSSR count). The maximum atomic E-state index is 12.0. The van der Waals surface area contributed by atoms with Gasteiger partial charge in [-0.25, -0.2) is 0 Å². The summed E-state index contributed by atoms with van der Waals surface area (Å²) in [5.74, 6) is -0.385. The minimum Gasteiger partial charge on any atom is -0.396 e. The molecule has 1 atom stereocenters. The van der Waals surface area contributed by atoms with Crippen molar-refractivity contribution in [1.82, 2.24) is 5.32 Å². The second kappa shape index (κ2) is 7.20. The Bertz CT molecular complexity index is 479. The largest absolute Gasteiger partial charge is 0.396 e. The molecule has 0 bridgehead atoms. The topological polar surface area (TPSA) is 92.5 Å². The third-order valence-corrected chi connectivity index (χ3v) is 3.12. The average Bonchev–Trinajstić information content (AvgIpc) is 2.37. The van der Waals surface area contributed by atoms with E-state index in [-0.39, 0.29) is 29.8 Å². The summed E-state index contributed by atoms with van der Waals surface area (Å²) in [5.41, 5.74) is 0.0761. The number of halogens is 1. The second-order valence-electron chi connectivity index (χ2n) is 4.05. The smallest absolute Gasteiger partial charge is 0.271 e. The van der Waals surface area contributed by atoms with E-state index in [0.717, 1.165) is 0 Å². The maximum Gasteiger partial charge on any atom is 0.271 e. The van der Waals surface area contributed by atoms with Crippen LogP contribution in [-0.2, 0) is 0 Å². The van der Waals surface area contributed by atoms with Gasteiger partial charge in [0.1, 0.15) is 0 Å². The molecule has 0 aliphatic heterocycles. The van der Waals surface area contributed by atoms with Crippen molar-refractivity contribution in [1.29, 1.82) is 0 Å². The molecule has 0 saturated carbocycles. The van der Waals surface area contributed by atoms with E-state index in [9.17, 15) is 14.9 Å². The average molecular weight is 331 g/mol. The lowest BCUT2D eigenvalue weighted by Crippen LogP contribution is -2.35. The summed E-state index contributed by atoms with van der Waals surface area (Å²) in [5, 5.41) is 22.3. The molecule has 0 aliphatic rings. The maximum absolute atomic E-state index is 12.0. The van der Waals surface area contributed by atoms with Crippen LogP contribution in [-0.4, -0.2) is 28.6 Å². The summed E-state index contributed by atoms with van der Waals surface area (Å²) >= 11 is 3.14. The first-order valence-corrected chi connectivity index (χ1v) is 6.64. The summed E-state index contributed by atoms with van der Waals surface area (Å²) in [6.07, 6.45) is 1.14. The zero-order valence-electron chi connectivity index (χ0n) is 10.4.